The lowest BCUT2D eigenvalue weighted by Gasteiger charge is -2.17. The van der Waals surface area contributed by atoms with Gasteiger partial charge >= 0.3 is 0 Å². The topological polar surface area (TPSA) is 64.3 Å². The third kappa shape index (κ3) is 3.14. The van der Waals surface area contributed by atoms with Gasteiger partial charge in [-0.05, 0) is 31.9 Å². The molecule has 5 nitrogen and oxygen atoms in total. The number of rotatable bonds is 4. The average molecular weight is 236 g/mol. The minimum Gasteiger partial charge on any atom is -0.480 e. The lowest BCUT2D eigenvalue weighted by atomic mass is 10.0. The number of hydrogen-bond acceptors (Lipinski definition) is 5. The average Bonchev–Trinajstić information content (AvgIpc) is 2.79. The molecule has 2 rings (SSSR count). The van der Waals surface area contributed by atoms with Crippen molar-refractivity contribution in [3.05, 3.63) is 17.8 Å². The number of likely N-dealkylation sites (tertiary alicyclic amines) is 1. The molecular weight excluding hydrogens is 216 g/mol. The summed E-state index contributed by atoms with van der Waals surface area (Å²) in [4.78, 5) is 2.38. The van der Waals surface area contributed by atoms with Gasteiger partial charge in [-0.3, -0.25) is 4.90 Å². The maximum atomic E-state index is 5.92. The summed E-state index contributed by atoms with van der Waals surface area (Å²) in [5, 5.41) is 8.10. The molecule has 0 amide bonds. The van der Waals surface area contributed by atoms with E-state index >= 15 is 0 Å². The van der Waals surface area contributed by atoms with Gasteiger partial charge in [0, 0.05) is 25.2 Å². The Morgan fingerprint density at radius 1 is 1.53 bits per heavy atom. The van der Waals surface area contributed by atoms with Crippen LogP contribution in [0, 0.1) is 5.92 Å². The number of ether oxygens (including phenoxy) is 1. The first kappa shape index (κ1) is 12.3. The third-order valence-corrected chi connectivity index (χ3v) is 3.34. The van der Waals surface area contributed by atoms with Crippen molar-refractivity contribution >= 4 is 0 Å². The monoisotopic (exact) mass is 236 g/mol. The Morgan fingerprint density at radius 3 is 2.88 bits per heavy atom. The van der Waals surface area contributed by atoms with Gasteiger partial charge in [0.15, 0.2) is 0 Å². The zero-order valence-corrected chi connectivity index (χ0v) is 10.5. The van der Waals surface area contributed by atoms with Gasteiger partial charge < -0.3 is 10.5 Å². The number of methoxy groups -OCH3 is 1. The molecular formula is C12H20N4O. The smallest absolute Gasteiger partial charge is 0.233 e. The Kier molecular flexibility index (Phi) is 3.91. The first-order valence-corrected chi connectivity index (χ1v) is 6.03. The van der Waals surface area contributed by atoms with Crippen LogP contribution in [0.1, 0.15) is 19.0 Å². The second kappa shape index (κ2) is 5.42. The van der Waals surface area contributed by atoms with E-state index < -0.39 is 0 Å². The highest BCUT2D eigenvalue weighted by atomic mass is 16.5. The molecule has 0 saturated carbocycles. The molecule has 2 unspecified atom stereocenters. The molecule has 0 spiro atoms. The molecule has 0 aliphatic carbocycles. The van der Waals surface area contributed by atoms with E-state index in [2.05, 4.69) is 22.0 Å². The van der Waals surface area contributed by atoms with Crippen LogP contribution in [-0.2, 0) is 6.54 Å². The molecule has 0 bridgehead atoms. The standard InChI is InChI=1S/C12H20N4O/c1-9(13)10-5-6-16(7-10)8-11-3-4-12(17-2)15-14-11/h3-4,9-10H,5-8,13H2,1-2H3. The van der Waals surface area contributed by atoms with Crippen molar-refractivity contribution in [1.82, 2.24) is 15.1 Å². The summed E-state index contributed by atoms with van der Waals surface area (Å²) in [6.45, 7) is 5.09. The Morgan fingerprint density at radius 2 is 2.35 bits per heavy atom. The van der Waals surface area contributed by atoms with Crippen LogP contribution in [0.25, 0.3) is 0 Å². The fourth-order valence-electron chi connectivity index (χ4n) is 2.21. The van der Waals surface area contributed by atoms with E-state index in [-0.39, 0.29) is 6.04 Å². The van der Waals surface area contributed by atoms with Crippen molar-refractivity contribution in [2.45, 2.75) is 25.9 Å². The Hall–Kier alpha value is -1.20. The number of nitrogens with two attached hydrogens (primary N) is 1. The first-order chi connectivity index (χ1) is 8.19. The molecule has 1 aliphatic rings. The molecule has 94 valence electrons. The first-order valence-electron chi connectivity index (χ1n) is 6.03. The largest absolute Gasteiger partial charge is 0.480 e. The second-order valence-electron chi connectivity index (χ2n) is 4.71. The Labute approximate surface area is 102 Å². The van der Waals surface area contributed by atoms with Gasteiger partial charge in [0.2, 0.25) is 5.88 Å². The minimum absolute atomic E-state index is 0.280. The Bertz CT molecular complexity index is 352. The summed E-state index contributed by atoms with van der Waals surface area (Å²) in [6.07, 6.45) is 1.18. The number of aromatic nitrogens is 2. The van der Waals surface area contributed by atoms with Crippen LogP contribution >= 0.6 is 0 Å². The van der Waals surface area contributed by atoms with Gasteiger partial charge in [-0.25, -0.2) is 0 Å². The summed E-state index contributed by atoms with van der Waals surface area (Å²) in [6, 6.07) is 4.09. The maximum Gasteiger partial charge on any atom is 0.233 e. The predicted molar refractivity (Wildman–Crippen MR) is 65.6 cm³/mol. The minimum atomic E-state index is 0.280. The molecule has 2 N–H and O–H groups in total. The molecule has 1 aromatic heterocycles. The molecule has 1 saturated heterocycles. The number of nitrogens with zero attached hydrogens (tertiary/aromatic N) is 3. The molecule has 5 heteroatoms. The van der Waals surface area contributed by atoms with Crippen LogP contribution in [0.15, 0.2) is 12.1 Å². The van der Waals surface area contributed by atoms with E-state index in [4.69, 9.17) is 10.5 Å². The van der Waals surface area contributed by atoms with E-state index in [0.29, 0.717) is 11.8 Å². The Balaban J connectivity index is 1.89. The van der Waals surface area contributed by atoms with Crippen LogP contribution in [-0.4, -0.2) is 41.3 Å². The summed E-state index contributed by atoms with van der Waals surface area (Å²) in [5.74, 6) is 1.17. The summed E-state index contributed by atoms with van der Waals surface area (Å²) < 4.78 is 4.98. The molecule has 1 aliphatic heterocycles. The van der Waals surface area contributed by atoms with E-state index in [1.165, 1.54) is 6.42 Å². The van der Waals surface area contributed by atoms with Crippen LogP contribution in [0.2, 0.25) is 0 Å². The van der Waals surface area contributed by atoms with Crippen molar-refractivity contribution in [3.8, 4) is 5.88 Å². The highest BCUT2D eigenvalue weighted by Crippen LogP contribution is 2.20. The van der Waals surface area contributed by atoms with E-state index in [1.54, 1.807) is 7.11 Å². The predicted octanol–water partition coefficient (Wildman–Crippen LogP) is 0.654. The zero-order chi connectivity index (χ0) is 12.3. The highest BCUT2D eigenvalue weighted by molar-refractivity contribution is 5.11. The second-order valence-corrected chi connectivity index (χ2v) is 4.71. The van der Waals surface area contributed by atoms with Crippen LogP contribution in [0.5, 0.6) is 5.88 Å². The van der Waals surface area contributed by atoms with Crippen LogP contribution < -0.4 is 10.5 Å². The summed E-state index contributed by atoms with van der Waals surface area (Å²) in [5.41, 5.74) is 6.90. The van der Waals surface area contributed by atoms with E-state index in [1.807, 2.05) is 12.1 Å². The molecule has 0 radical (unpaired) electrons. The fraction of sp³-hybridized carbons (Fsp3) is 0.667. The molecule has 0 aromatic carbocycles. The third-order valence-electron chi connectivity index (χ3n) is 3.34. The van der Waals surface area contributed by atoms with Crippen molar-refractivity contribution < 1.29 is 4.74 Å². The van der Waals surface area contributed by atoms with Gasteiger partial charge in [0.1, 0.15) is 0 Å². The van der Waals surface area contributed by atoms with Crippen LogP contribution in [0.3, 0.4) is 0 Å². The summed E-state index contributed by atoms with van der Waals surface area (Å²) >= 11 is 0. The van der Waals surface area contributed by atoms with Gasteiger partial charge in [-0.1, -0.05) is 0 Å². The van der Waals surface area contributed by atoms with Gasteiger partial charge in [0.05, 0.1) is 12.8 Å². The molecule has 1 fully saturated rings. The zero-order valence-electron chi connectivity index (χ0n) is 10.5. The van der Waals surface area contributed by atoms with Gasteiger partial charge in [-0.2, -0.15) is 5.10 Å². The molecule has 2 heterocycles. The molecule has 1 aromatic rings. The lowest BCUT2D eigenvalue weighted by Crippen LogP contribution is -2.29. The normalized spacial score (nSPS) is 22.6. The van der Waals surface area contributed by atoms with Crippen molar-refractivity contribution in [2.24, 2.45) is 11.7 Å². The van der Waals surface area contributed by atoms with Crippen LogP contribution in [0.4, 0.5) is 0 Å². The fourth-order valence-corrected chi connectivity index (χ4v) is 2.21. The van der Waals surface area contributed by atoms with Gasteiger partial charge in [-0.15, -0.1) is 5.10 Å². The van der Waals surface area contributed by atoms with Crippen molar-refractivity contribution in [2.75, 3.05) is 20.2 Å². The maximum absolute atomic E-state index is 5.92. The molecule has 17 heavy (non-hydrogen) atoms. The van der Waals surface area contributed by atoms with E-state index in [0.717, 1.165) is 25.3 Å². The highest BCUT2D eigenvalue weighted by Gasteiger charge is 2.25. The van der Waals surface area contributed by atoms with E-state index in [9.17, 15) is 0 Å². The van der Waals surface area contributed by atoms with Crippen molar-refractivity contribution in [1.29, 1.82) is 0 Å². The number of hydrogen-bond donors (Lipinski definition) is 1. The van der Waals surface area contributed by atoms with Gasteiger partial charge in [0.25, 0.3) is 0 Å². The summed E-state index contributed by atoms with van der Waals surface area (Å²) in [7, 11) is 1.59. The quantitative estimate of drug-likeness (QED) is 0.831. The molecule has 2 atom stereocenters. The van der Waals surface area contributed by atoms with Crippen molar-refractivity contribution in [3.63, 3.8) is 0 Å². The SMILES string of the molecule is COc1ccc(CN2CCC(C(C)N)C2)nn1. The lowest BCUT2D eigenvalue weighted by molar-refractivity contribution is 0.302.